The van der Waals surface area contributed by atoms with Gasteiger partial charge in [0.05, 0.1) is 0 Å². The van der Waals surface area contributed by atoms with Crippen molar-refractivity contribution in [3.8, 4) is 0 Å². The number of hydrogen-bond acceptors (Lipinski definition) is 2. The quantitative estimate of drug-likeness (QED) is 0.356. The second kappa shape index (κ2) is 15.4. The molecule has 0 saturated carbocycles. The smallest absolute Gasteiger partial charge is 0.0110 e. The van der Waals surface area contributed by atoms with Crippen LogP contribution in [0, 0.1) is 0 Å². The van der Waals surface area contributed by atoms with Crippen LogP contribution in [0.25, 0.3) is 0 Å². The van der Waals surface area contributed by atoms with Crippen molar-refractivity contribution in [1.82, 2.24) is 9.80 Å². The van der Waals surface area contributed by atoms with Gasteiger partial charge in [-0.3, -0.25) is 0 Å². The van der Waals surface area contributed by atoms with E-state index in [1.165, 1.54) is 123 Å². The minimum absolute atomic E-state index is 1.26. The van der Waals surface area contributed by atoms with Gasteiger partial charge in [0.25, 0.3) is 0 Å². The highest BCUT2D eigenvalue weighted by Gasteiger charge is 2.12. The normalized spacial score (nSPS) is 17.0. The fourth-order valence-corrected chi connectivity index (χ4v) is 3.60. The molecule has 0 aromatic carbocycles. The summed E-state index contributed by atoms with van der Waals surface area (Å²) in [5.74, 6) is 0. The van der Waals surface area contributed by atoms with Crippen LogP contribution in [0.5, 0.6) is 0 Å². The van der Waals surface area contributed by atoms with Crippen LogP contribution in [0.15, 0.2) is 0 Å². The minimum Gasteiger partial charge on any atom is -0.304 e. The Labute approximate surface area is 147 Å². The second-order valence-electron chi connectivity index (χ2n) is 7.74. The van der Waals surface area contributed by atoms with Crippen LogP contribution in [0.1, 0.15) is 96.8 Å². The van der Waals surface area contributed by atoms with Crippen molar-refractivity contribution in [2.45, 2.75) is 96.8 Å². The van der Waals surface area contributed by atoms with E-state index in [0.29, 0.717) is 0 Å². The van der Waals surface area contributed by atoms with Gasteiger partial charge in [0.15, 0.2) is 0 Å². The van der Waals surface area contributed by atoms with E-state index < -0.39 is 0 Å². The summed E-state index contributed by atoms with van der Waals surface area (Å²) in [5.41, 5.74) is 0. The van der Waals surface area contributed by atoms with Crippen molar-refractivity contribution in [3.63, 3.8) is 0 Å². The molecule has 0 aromatic rings. The fraction of sp³-hybridized carbons (Fsp3) is 1.00. The van der Waals surface area contributed by atoms with Gasteiger partial charge < -0.3 is 9.80 Å². The molecule has 1 fully saturated rings. The second-order valence-corrected chi connectivity index (χ2v) is 7.74. The number of rotatable bonds is 15. The lowest BCUT2D eigenvalue weighted by molar-refractivity contribution is 0.152. The Morgan fingerprint density at radius 3 is 1.35 bits per heavy atom. The first-order valence-electron chi connectivity index (χ1n) is 10.7. The Morgan fingerprint density at radius 1 is 0.522 bits per heavy atom. The molecule has 1 rings (SSSR count). The summed E-state index contributed by atoms with van der Waals surface area (Å²) < 4.78 is 0. The first-order chi connectivity index (χ1) is 11.3. The third kappa shape index (κ3) is 12.9. The van der Waals surface area contributed by atoms with Crippen molar-refractivity contribution in [2.75, 3.05) is 39.8 Å². The van der Waals surface area contributed by atoms with Crippen molar-refractivity contribution >= 4 is 0 Å². The molecule has 1 aliphatic rings. The summed E-state index contributed by atoms with van der Waals surface area (Å²) in [6.45, 7) is 8.74. The first-order valence-corrected chi connectivity index (χ1v) is 10.7. The summed E-state index contributed by atoms with van der Waals surface area (Å²) in [7, 11) is 2.24. The maximum Gasteiger partial charge on any atom is 0.0110 e. The highest BCUT2D eigenvalue weighted by atomic mass is 15.2. The van der Waals surface area contributed by atoms with Gasteiger partial charge in [-0.25, -0.2) is 0 Å². The molecule has 0 unspecified atom stereocenters. The number of nitrogens with zero attached hydrogens (tertiary/aromatic N) is 2. The van der Waals surface area contributed by atoms with Gasteiger partial charge in [0.1, 0.15) is 0 Å². The molecular formula is C21H44N2. The van der Waals surface area contributed by atoms with Crippen LogP contribution in [0.2, 0.25) is 0 Å². The Bertz CT molecular complexity index is 234. The van der Waals surface area contributed by atoms with E-state index in [9.17, 15) is 0 Å². The number of piperazine rings is 1. The maximum absolute atomic E-state index is 2.65. The van der Waals surface area contributed by atoms with Gasteiger partial charge in [-0.15, -0.1) is 0 Å². The molecule has 2 nitrogen and oxygen atoms in total. The van der Waals surface area contributed by atoms with Gasteiger partial charge in [-0.1, -0.05) is 90.4 Å². The molecule has 0 aliphatic carbocycles. The number of hydrogen-bond donors (Lipinski definition) is 0. The zero-order valence-electron chi connectivity index (χ0n) is 16.3. The zero-order chi connectivity index (χ0) is 16.6. The molecule has 0 N–H and O–H groups in total. The van der Waals surface area contributed by atoms with Crippen molar-refractivity contribution in [3.05, 3.63) is 0 Å². The molecule has 1 aliphatic heterocycles. The summed E-state index contributed by atoms with van der Waals surface area (Å²) in [5, 5.41) is 0. The molecule has 0 spiro atoms. The summed E-state index contributed by atoms with van der Waals surface area (Å²) >= 11 is 0. The molecule has 0 radical (unpaired) electrons. The predicted octanol–water partition coefficient (Wildman–Crippen LogP) is 5.72. The Morgan fingerprint density at radius 2 is 0.913 bits per heavy atom. The van der Waals surface area contributed by atoms with Gasteiger partial charge in [0.2, 0.25) is 0 Å². The van der Waals surface area contributed by atoms with Crippen LogP contribution in [0.4, 0.5) is 0 Å². The average molecular weight is 325 g/mol. The van der Waals surface area contributed by atoms with Crippen molar-refractivity contribution < 1.29 is 0 Å². The molecule has 138 valence electrons. The molecule has 1 saturated heterocycles. The molecule has 0 amide bonds. The monoisotopic (exact) mass is 324 g/mol. The third-order valence-electron chi connectivity index (χ3n) is 5.42. The summed E-state index contributed by atoms with van der Waals surface area (Å²) in [4.78, 5) is 5.10. The van der Waals surface area contributed by atoms with Crippen molar-refractivity contribution in [2.24, 2.45) is 0 Å². The largest absolute Gasteiger partial charge is 0.304 e. The first kappa shape index (κ1) is 21.0. The van der Waals surface area contributed by atoms with E-state index in [4.69, 9.17) is 0 Å². The number of unbranched alkanes of at least 4 members (excludes halogenated alkanes) is 13. The van der Waals surface area contributed by atoms with E-state index in [-0.39, 0.29) is 0 Å². The summed E-state index contributed by atoms with van der Waals surface area (Å²) in [6.07, 6.45) is 20.4. The standard InChI is InChI=1S/C21H44N2/c1-3-4-5-6-7-8-9-10-11-12-13-14-15-16-17-23-20-18-22(2)19-21-23/h3-21H2,1-2H3. The van der Waals surface area contributed by atoms with E-state index in [2.05, 4.69) is 23.8 Å². The van der Waals surface area contributed by atoms with Crippen LogP contribution in [-0.2, 0) is 0 Å². The Balaban J connectivity index is 1.70. The molecule has 0 bridgehead atoms. The lowest BCUT2D eigenvalue weighted by Crippen LogP contribution is -2.44. The Hall–Kier alpha value is -0.0800. The molecule has 2 heteroatoms. The van der Waals surface area contributed by atoms with Crippen LogP contribution < -0.4 is 0 Å². The highest BCUT2D eigenvalue weighted by molar-refractivity contribution is 4.68. The summed E-state index contributed by atoms with van der Waals surface area (Å²) in [6, 6.07) is 0. The van der Waals surface area contributed by atoms with E-state index in [0.717, 1.165) is 0 Å². The van der Waals surface area contributed by atoms with Gasteiger partial charge in [-0.2, -0.15) is 0 Å². The van der Waals surface area contributed by atoms with E-state index in [1.807, 2.05) is 0 Å². The van der Waals surface area contributed by atoms with Gasteiger partial charge >= 0.3 is 0 Å². The lowest BCUT2D eigenvalue weighted by Gasteiger charge is -2.32. The minimum atomic E-state index is 1.26. The van der Waals surface area contributed by atoms with E-state index in [1.54, 1.807) is 0 Å². The molecule has 0 aromatic heterocycles. The highest BCUT2D eigenvalue weighted by Crippen LogP contribution is 2.13. The zero-order valence-corrected chi connectivity index (χ0v) is 16.3. The van der Waals surface area contributed by atoms with Crippen LogP contribution in [0.3, 0.4) is 0 Å². The predicted molar refractivity (Wildman–Crippen MR) is 104 cm³/mol. The third-order valence-corrected chi connectivity index (χ3v) is 5.42. The van der Waals surface area contributed by atoms with Crippen LogP contribution >= 0.6 is 0 Å². The molecule has 23 heavy (non-hydrogen) atoms. The van der Waals surface area contributed by atoms with E-state index >= 15 is 0 Å². The maximum atomic E-state index is 2.65. The lowest BCUT2D eigenvalue weighted by atomic mass is 10.0. The molecule has 0 atom stereocenters. The van der Waals surface area contributed by atoms with Gasteiger partial charge in [-0.05, 0) is 20.0 Å². The fourth-order valence-electron chi connectivity index (χ4n) is 3.60. The topological polar surface area (TPSA) is 6.48 Å². The molecular weight excluding hydrogens is 280 g/mol. The average Bonchev–Trinajstić information content (AvgIpc) is 2.57. The van der Waals surface area contributed by atoms with Gasteiger partial charge in [0, 0.05) is 26.2 Å². The van der Waals surface area contributed by atoms with Crippen LogP contribution in [-0.4, -0.2) is 49.6 Å². The SMILES string of the molecule is CCCCCCCCCCCCCCCCN1CCN(C)CC1. The number of likely N-dealkylation sites (N-methyl/N-ethyl adjacent to an activating group) is 1. The Kier molecular flexibility index (Phi) is 14.1. The van der Waals surface area contributed by atoms with Crippen molar-refractivity contribution in [1.29, 1.82) is 0 Å². The molecule has 1 heterocycles.